The van der Waals surface area contributed by atoms with Crippen molar-refractivity contribution in [1.29, 1.82) is 0 Å². The van der Waals surface area contributed by atoms with Gasteiger partial charge in [0, 0.05) is 18.1 Å². The Labute approximate surface area is 164 Å². The van der Waals surface area contributed by atoms with E-state index in [0.29, 0.717) is 31.1 Å². The van der Waals surface area contributed by atoms with Crippen LogP contribution in [0.2, 0.25) is 0 Å². The summed E-state index contributed by atoms with van der Waals surface area (Å²) in [6.07, 6.45) is 1.37. The Hall–Kier alpha value is -0.860. The fraction of sp³-hybridized carbons (Fsp3) is 0.950. The summed E-state index contributed by atoms with van der Waals surface area (Å²) in [5.41, 5.74) is 2.62. The third-order valence-corrected chi connectivity index (χ3v) is 7.26. The molecule has 2 saturated carbocycles. The number of amides is 1. The van der Waals surface area contributed by atoms with Crippen molar-refractivity contribution in [2.24, 2.45) is 23.7 Å². The zero-order valence-corrected chi connectivity index (χ0v) is 16.4. The standard InChI is InChI=1S/C20H32F3N3O2/c1-11-4-3-9-24-16(11)18(12-7-8-12)25-19(27)15-10-13-5-2-6-14(20(21,22)23)17(13)26-28-15/h11-18,24,26H,2-10H2,1H3,(H,25,27). The summed E-state index contributed by atoms with van der Waals surface area (Å²) in [5, 5.41) is 6.77. The predicted molar refractivity (Wildman–Crippen MR) is 98.1 cm³/mol. The maximum Gasteiger partial charge on any atom is 0.393 e. The van der Waals surface area contributed by atoms with Gasteiger partial charge in [-0.15, -0.1) is 0 Å². The molecule has 7 unspecified atom stereocenters. The maximum atomic E-state index is 13.3. The molecular formula is C20H32F3N3O2. The number of alkyl halides is 3. The molecule has 0 aromatic rings. The topological polar surface area (TPSA) is 62.4 Å². The van der Waals surface area contributed by atoms with Gasteiger partial charge in [-0.05, 0) is 69.2 Å². The molecule has 160 valence electrons. The fourth-order valence-electron chi connectivity index (χ4n) is 5.51. The molecule has 1 amide bonds. The monoisotopic (exact) mass is 403 g/mol. The minimum absolute atomic E-state index is 0.0819. The highest BCUT2D eigenvalue weighted by molar-refractivity contribution is 5.81. The Morgan fingerprint density at radius 1 is 1.14 bits per heavy atom. The highest BCUT2D eigenvalue weighted by Gasteiger charge is 2.52. The summed E-state index contributed by atoms with van der Waals surface area (Å²) < 4.78 is 39.9. The lowest BCUT2D eigenvalue weighted by molar-refractivity contribution is -0.223. The number of carbonyl (C=O) groups excluding carboxylic acids is 1. The number of rotatable bonds is 4. The Balaban J connectivity index is 1.37. The van der Waals surface area contributed by atoms with Crippen LogP contribution < -0.4 is 16.1 Å². The zero-order valence-electron chi connectivity index (χ0n) is 16.4. The summed E-state index contributed by atoms with van der Waals surface area (Å²) >= 11 is 0. The van der Waals surface area contributed by atoms with Crippen LogP contribution in [0.5, 0.6) is 0 Å². The number of fused-ring (bicyclic) bond motifs is 1. The third kappa shape index (κ3) is 4.33. The SMILES string of the molecule is CC1CCCNC1C(NC(=O)C1CC2CCCC(C(F)(F)F)C2NO1)C1CC1. The predicted octanol–water partition coefficient (Wildman–Crippen LogP) is 2.91. The van der Waals surface area contributed by atoms with E-state index in [1.807, 2.05) is 0 Å². The number of hydrogen-bond acceptors (Lipinski definition) is 4. The van der Waals surface area contributed by atoms with Crippen molar-refractivity contribution in [3.63, 3.8) is 0 Å². The van der Waals surface area contributed by atoms with E-state index < -0.39 is 24.2 Å². The zero-order chi connectivity index (χ0) is 19.9. The molecule has 2 saturated heterocycles. The van der Waals surface area contributed by atoms with Crippen molar-refractivity contribution in [3.8, 4) is 0 Å². The van der Waals surface area contributed by atoms with Gasteiger partial charge in [-0.1, -0.05) is 13.3 Å². The number of hydrogen-bond donors (Lipinski definition) is 3. The van der Waals surface area contributed by atoms with Gasteiger partial charge in [-0.2, -0.15) is 18.7 Å². The summed E-state index contributed by atoms with van der Waals surface area (Å²) in [7, 11) is 0. The third-order valence-electron chi connectivity index (χ3n) is 7.26. The van der Waals surface area contributed by atoms with Crippen molar-refractivity contribution in [3.05, 3.63) is 0 Å². The molecule has 8 heteroatoms. The van der Waals surface area contributed by atoms with Crippen LogP contribution in [0.1, 0.15) is 58.3 Å². The van der Waals surface area contributed by atoms with E-state index in [1.54, 1.807) is 0 Å². The Morgan fingerprint density at radius 3 is 2.61 bits per heavy atom. The first-order chi connectivity index (χ1) is 13.3. The summed E-state index contributed by atoms with van der Waals surface area (Å²) in [6.45, 7) is 3.19. The maximum absolute atomic E-state index is 13.3. The first kappa shape index (κ1) is 20.4. The van der Waals surface area contributed by atoms with E-state index >= 15 is 0 Å². The Kier molecular flexibility index (Phi) is 5.91. The molecule has 2 heterocycles. The van der Waals surface area contributed by atoms with E-state index in [2.05, 4.69) is 23.0 Å². The quantitative estimate of drug-likeness (QED) is 0.676. The molecule has 28 heavy (non-hydrogen) atoms. The van der Waals surface area contributed by atoms with Gasteiger partial charge in [-0.25, -0.2) is 0 Å². The molecule has 4 fully saturated rings. The number of halogens is 3. The number of hydroxylamine groups is 1. The molecule has 0 radical (unpaired) electrons. The molecule has 0 bridgehead atoms. The minimum atomic E-state index is -4.23. The molecule has 7 atom stereocenters. The Bertz CT molecular complexity index is 569. The van der Waals surface area contributed by atoms with Gasteiger partial charge in [0.15, 0.2) is 6.10 Å². The van der Waals surface area contributed by atoms with Crippen molar-refractivity contribution in [1.82, 2.24) is 16.1 Å². The van der Waals surface area contributed by atoms with E-state index in [9.17, 15) is 18.0 Å². The summed E-state index contributed by atoms with van der Waals surface area (Å²) in [6, 6.07) is -0.394. The molecule has 4 rings (SSSR count). The second kappa shape index (κ2) is 8.11. The number of nitrogens with one attached hydrogen (secondary N) is 3. The van der Waals surface area contributed by atoms with Crippen molar-refractivity contribution >= 4 is 5.91 Å². The lowest BCUT2D eigenvalue weighted by atomic mass is 9.74. The van der Waals surface area contributed by atoms with Gasteiger partial charge in [0.05, 0.1) is 5.92 Å². The van der Waals surface area contributed by atoms with Gasteiger partial charge in [0.25, 0.3) is 5.91 Å². The second-order valence-electron chi connectivity index (χ2n) is 9.30. The molecule has 0 aromatic heterocycles. The smallest absolute Gasteiger partial charge is 0.349 e. The van der Waals surface area contributed by atoms with Gasteiger partial charge < -0.3 is 10.6 Å². The van der Waals surface area contributed by atoms with E-state index in [0.717, 1.165) is 32.2 Å². The average molecular weight is 403 g/mol. The van der Waals surface area contributed by atoms with Gasteiger partial charge in [0.2, 0.25) is 0 Å². The normalized spacial score (nSPS) is 40.4. The molecule has 4 aliphatic rings. The lowest BCUT2D eigenvalue weighted by Crippen LogP contribution is -2.61. The molecule has 2 aliphatic heterocycles. The van der Waals surface area contributed by atoms with Crippen LogP contribution in [0, 0.1) is 23.7 Å². The van der Waals surface area contributed by atoms with Crippen molar-refractivity contribution in [2.45, 2.75) is 88.7 Å². The largest absolute Gasteiger partial charge is 0.393 e. The fourth-order valence-corrected chi connectivity index (χ4v) is 5.51. The average Bonchev–Trinajstić information content (AvgIpc) is 3.50. The van der Waals surface area contributed by atoms with Gasteiger partial charge in [-0.3, -0.25) is 9.63 Å². The number of piperidine rings is 1. The van der Waals surface area contributed by atoms with Gasteiger partial charge in [0.1, 0.15) is 0 Å². The first-order valence-corrected chi connectivity index (χ1v) is 10.9. The highest BCUT2D eigenvalue weighted by atomic mass is 19.4. The second-order valence-corrected chi connectivity index (χ2v) is 9.30. The van der Waals surface area contributed by atoms with E-state index in [-0.39, 0.29) is 30.3 Å². The first-order valence-electron chi connectivity index (χ1n) is 10.9. The lowest BCUT2D eigenvalue weighted by Gasteiger charge is -2.44. The van der Waals surface area contributed by atoms with Crippen LogP contribution >= 0.6 is 0 Å². The van der Waals surface area contributed by atoms with Crippen molar-refractivity contribution < 1.29 is 22.8 Å². The van der Waals surface area contributed by atoms with Crippen molar-refractivity contribution in [2.75, 3.05) is 6.54 Å². The van der Waals surface area contributed by atoms with Crippen LogP contribution in [-0.4, -0.2) is 42.9 Å². The molecule has 0 spiro atoms. The summed E-state index contributed by atoms with van der Waals surface area (Å²) in [5.74, 6) is -0.745. The molecule has 0 aromatic carbocycles. The number of carbonyl (C=O) groups is 1. The summed E-state index contributed by atoms with van der Waals surface area (Å²) in [4.78, 5) is 18.4. The molecule has 5 nitrogen and oxygen atoms in total. The van der Waals surface area contributed by atoms with Crippen LogP contribution in [0.3, 0.4) is 0 Å². The Morgan fingerprint density at radius 2 is 1.93 bits per heavy atom. The van der Waals surface area contributed by atoms with Crippen LogP contribution in [0.4, 0.5) is 13.2 Å². The van der Waals surface area contributed by atoms with Crippen LogP contribution in [0.15, 0.2) is 0 Å². The highest BCUT2D eigenvalue weighted by Crippen LogP contribution is 2.43. The van der Waals surface area contributed by atoms with E-state index in [4.69, 9.17) is 4.84 Å². The molecule has 3 N–H and O–H groups in total. The van der Waals surface area contributed by atoms with Crippen LogP contribution in [0.25, 0.3) is 0 Å². The minimum Gasteiger partial charge on any atom is -0.349 e. The van der Waals surface area contributed by atoms with Gasteiger partial charge >= 0.3 is 6.18 Å². The molecule has 2 aliphatic carbocycles. The van der Waals surface area contributed by atoms with Crippen LogP contribution in [-0.2, 0) is 9.63 Å². The van der Waals surface area contributed by atoms with E-state index in [1.165, 1.54) is 0 Å². The molecular weight excluding hydrogens is 371 g/mol.